The Balaban J connectivity index is 1.68. The summed E-state index contributed by atoms with van der Waals surface area (Å²) >= 11 is 0. The van der Waals surface area contributed by atoms with Crippen molar-refractivity contribution >= 4 is 15.7 Å². The molecule has 1 aromatic heterocycles. The molecule has 2 heterocycles. The Morgan fingerprint density at radius 2 is 2.04 bits per heavy atom. The minimum Gasteiger partial charge on any atom is -0.333 e. The highest BCUT2D eigenvalue weighted by Crippen LogP contribution is 2.31. The Kier molecular flexibility index (Phi) is 4.47. The topological polar surface area (TPSA) is 55.2 Å². The monoisotopic (exact) mass is 385 g/mol. The first-order valence-electron chi connectivity index (χ1n) is 8.79. The summed E-state index contributed by atoms with van der Waals surface area (Å²) in [7, 11) is -3.21. The zero-order valence-electron chi connectivity index (χ0n) is 15.0. The van der Waals surface area contributed by atoms with Crippen molar-refractivity contribution in [1.82, 2.24) is 9.55 Å². The van der Waals surface area contributed by atoms with E-state index in [0.717, 1.165) is 22.3 Å². The number of aromatic nitrogens is 2. The first-order valence-corrected chi connectivity index (χ1v) is 10.4. The molecular formula is C20H20FN3O2S. The maximum absolute atomic E-state index is 14.2. The van der Waals surface area contributed by atoms with Gasteiger partial charge in [-0.3, -0.25) is 4.31 Å². The van der Waals surface area contributed by atoms with Crippen molar-refractivity contribution < 1.29 is 12.8 Å². The molecule has 0 radical (unpaired) electrons. The van der Waals surface area contributed by atoms with Gasteiger partial charge in [0.2, 0.25) is 10.0 Å². The van der Waals surface area contributed by atoms with Crippen LogP contribution in [-0.4, -0.2) is 30.3 Å². The second kappa shape index (κ2) is 6.81. The maximum Gasteiger partial charge on any atom is 0.235 e. The van der Waals surface area contributed by atoms with Gasteiger partial charge in [-0.2, -0.15) is 0 Å². The fourth-order valence-corrected chi connectivity index (χ4v) is 5.10. The molecule has 5 nitrogen and oxygen atoms in total. The Bertz CT molecular complexity index is 1080. The van der Waals surface area contributed by atoms with Crippen molar-refractivity contribution in [3.05, 3.63) is 72.1 Å². The van der Waals surface area contributed by atoms with E-state index in [4.69, 9.17) is 0 Å². The quantitative estimate of drug-likeness (QED) is 0.690. The summed E-state index contributed by atoms with van der Waals surface area (Å²) in [5.74, 6) is -0.108. The van der Waals surface area contributed by atoms with Crippen LogP contribution < -0.4 is 4.31 Å². The summed E-state index contributed by atoms with van der Waals surface area (Å²) in [6.07, 6.45) is 5.86. The molecule has 0 spiro atoms. The molecule has 27 heavy (non-hydrogen) atoms. The van der Waals surface area contributed by atoms with Crippen LogP contribution in [-0.2, 0) is 16.6 Å². The lowest BCUT2D eigenvalue weighted by Crippen LogP contribution is -2.25. The second-order valence-corrected chi connectivity index (χ2v) is 8.84. The zero-order valence-corrected chi connectivity index (χ0v) is 15.8. The average Bonchev–Trinajstić information content (AvgIpc) is 3.23. The van der Waals surface area contributed by atoms with Crippen molar-refractivity contribution in [2.75, 3.05) is 16.6 Å². The molecule has 3 aromatic rings. The molecule has 0 unspecified atom stereocenters. The van der Waals surface area contributed by atoms with Gasteiger partial charge in [-0.25, -0.2) is 17.8 Å². The predicted octanol–water partition coefficient (Wildman–Crippen LogP) is 3.59. The van der Waals surface area contributed by atoms with Crippen LogP contribution in [0.2, 0.25) is 0 Å². The van der Waals surface area contributed by atoms with Crippen LogP contribution in [0.3, 0.4) is 0 Å². The number of sulfonamides is 1. The fraction of sp³-hybridized carbons (Fsp3) is 0.250. The van der Waals surface area contributed by atoms with Gasteiger partial charge in [-0.1, -0.05) is 6.07 Å². The number of imidazole rings is 1. The van der Waals surface area contributed by atoms with E-state index in [1.54, 1.807) is 18.6 Å². The molecule has 1 fully saturated rings. The molecule has 0 N–H and O–H groups in total. The van der Waals surface area contributed by atoms with E-state index < -0.39 is 10.0 Å². The van der Waals surface area contributed by atoms with E-state index in [-0.39, 0.29) is 11.6 Å². The SMILES string of the molecule is Cc1cc(N2CCCS2(=O)=O)ccc1-c1cc(F)cc(Cn2ccnc2)c1. The molecule has 7 heteroatoms. The third-order valence-corrected chi connectivity index (χ3v) is 6.66. The number of rotatable bonds is 4. The van der Waals surface area contributed by atoms with Gasteiger partial charge < -0.3 is 4.57 Å². The average molecular weight is 385 g/mol. The normalized spacial score (nSPS) is 16.0. The standard InChI is InChI=1S/C20H20FN3O2S/c1-15-9-19(24-6-2-8-27(24,25)26)3-4-20(15)17-10-16(11-18(21)12-17)13-23-7-5-22-14-23/h3-5,7,9-12,14H,2,6,8,13H2,1H3. The molecule has 2 aromatic carbocycles. The Hall–Kier alpha value is -2.67. The molecule has 1 saturated heterocycles. The summed E-state index contributed by atoms with van der Waals surface area (Å²) in [5, 5.41) is 0. The van der Waals surface area contributed by atoms with Crippen LogP contribution in [0.4, 0.5) is 10.1 Å². The van der Waals surface area contributed by atoms with E-state index in [0.29, 0.717) is 25.2 Å². The molecule has 1 aliphatic rings. The van der Waals surface area contributed by atoms with Crippen molar-refractivity contribution in [2.24, 2.45) is 0 Å². The fourth-order valence-electron chi connectivity index (χ4n) is 3.54. The van der Waals surface area contributed by atoms with Gasteiger partial charge in [0.15, 0.2) is 0 Å². The van der Waals surface area contributed by atoms with Crippen LogP contribution in [0.5, 0.6) is 0 Å². The highest BCUT2D eigenvalue weighted by molar-refractivity contribution is 7.93. The second-order valence-electron chi connectivity index (χ2n) is 6.82. The molecule has 0 bridgehead atoms. The van der Waals surface area contributed by atoms with Gasteiger partial charge >= 0.3 is 0 Å². The van der Waals surface area contributed by atoms with E-state index in [1.165, 1.54) is 16.4 Å². The van der Waals surface area contributed by atoms with Gasteiger partial charge in [0.05, 0.1) is 17.8 Å². The van der Waals surface area contributed by atoms with Crippen LogP contribution >= 0.6 is 0 Å². The number of nitrogens with zero attached hydrogens (tertiary/aromatic N) is 3. The summed E-state index contributed by atoms with van der Waals surface area (Å²) in [5.41, 5.74) is 4.09. The number of hydrogen-bond donors (Lipinski definition) is 0. The number of benzene rings is 2. The van der Waals surface area contributed by atoms with Crippen molar-refractivity contribution in [2.45, 2.75) is 19.9 Å². The Labute approximate surface area is 158 Å². The van der Waals surface area contributed by atoms with Gasteiger partial charge in [-0.15, -0.1) is 0 Å². The van der Waals surface area contributed by atoms with Gasteiger partial charge in [-0.05, 0) is 65.9 Å². The molecule has 1 aliphatic heterocycles. The maximum atomic E-state index is 14.2. The predicted molar refractivity (Wildman–Crippen MR) is 104 cm³/mol. The summed E-state index contributed by atoms with van der Waals surface area (Å²) < 4.78 is 41.8. The van der Waals surface area contributed by atoms with Crippen molar-refractivity contribution in [3.63, 3.8) is 0 Å². The summed E-state index contributed by atoms with van der Waals surface area (Å²) in [4.78, 5) is 4.01. The van der Waals surface area contributed by atoms with Crippen molar-refractivity contribution in [3.8, 4) is 11.1 Å². The summed E-state index contributed by atoms with van der Waals surface area (Å²) in [6, 6.07) is 10.5. The van der Waals surface area contributed by atoms with E-state index >= 15 is 0 Å². The first-order chi connectivity index (χ1) is 12.9. The zero-order chi connectivity index (χ0) is 19.0. The molecule has 0 saturated carbocycles. The Morgan fingerprint density at radius 3 is 2.70 bits per heavy atom. The van der Waals surface area contributed by atoms with E-state index in [9.17, 15) is 12.8 Å². The Morgan fingerprint density at radius 1 is 1.19 bits per heavy atom. The third-order valence-electron chi connectivity index (χ3n) is 4.79. The van der Waals surface area contributed by atoms with Crippen LogP contribution in [0, 0.1) is 12.7 Å². The minimum absolute atomic E-state index is 0.190. The lowest BCUT2D eigenvalue weighted by Gasteiger charge is -2.19. The summed E-state index contributed by atoms with van der Waals surface area (Å²) in [6.45, 7) is 2.96. The lowest BCUT2D eigenvalue weighted by molar-refractivity contribution is 0.599. The molecule has 0 atom stereocenters. The smallest absolute Gasteiger partial charge is 0.235 e. The van der Waals surface area contributed by atoms with E-state index in [1.807, 2.05) is 35.9 Å². The minimum atomic E-state index is -3.21. The molecule has 4 rings (SSSR count). The van der Waals surface area contributed by atoms with Gasteiger partial charge in [0.25, 0.3) is 0 Å². The highest BCUT2D eigenvalue weighted by atomic mass is 32.2. The van der Waals surface area contributed by atoms with Crippen LogP contribution in [0.1, 0.15) is 17.5 Å². The first kappa shape index (κ1) is 17.7. The number of hydrogen-bond acceptors (Lipinski definition) is 3. The largest absolute Gasteiger partial charge is 0.333 e. The van der Waals surface area contributed by atoms with Crippen LogP contribution in [0.15, 0.2) is 55.1 Å². The number of halogens is 1. The highest BCUT2D eigenvalue weighted by Gasteiger charge is 2.28. The lowest BCUT2D eigenvalue weighted by atomic mass is 9.98. The van der Waals surface area contributed by atoms with E-state index in [2.05, 4.69) is 4.98 Å². The molecule has 0 amide bonds. The molecule has 140 valence electrons. The van der Waals surface area contributed by atoms with Crippen molar-refractivity contribution in [1.29, 1.82) is 0 Å². The molecular weight excluding hydrogens is 365 g/mol. The molecule has 0 aliphatic carbocycles. The van der Waals surface area contributed by atoms with Gasteiger partial charge in [0, 0.05) is 25.5 Å². The van der Waals surface area contributed by atoms with Gasteiger partial charge in [0.1, 0.15) is 5.82 Å². The van der Waals surface area contributed by atoms with Crippen LogP contribution in [0.25, 0.3) is 11.1 Å². The third kappa shape index (κ3) is 3.60. The number of aryl methyl sites for hydroxylation is 1. The number of anilines is 1.